The molecule has 0 atom stereocenters. The van der Waals surface area contributed by atoms with E-state index >= 15 is 0 Å². The maximum absolute atomic E-state index is 14.9. The number of hydrogen-bond acceptors (Lipinski definition) is 8. The van der Waals surface area contributed by atoms with E-state index in [-0.39, 0.29) is 18.9 Å². The highest BCUT2D eigenvalue weighted by atomic mass is 19.1. The van der Waals surface area contributed by atoms with Crippen LogP contribution in [0.5, 0.6) is 0 Å². The third-order valence-electron chi connectivity index (χ3n) is 6.61. The van der Waals surface area contributed by atoms with Gasteiger partial charge in [0.25, 0.3) is 0 Å². The van der Waals surface area contributed by atoms with Crippen LogP contribution in [-0.4, -0.2) is 74.2 Å². The fourth-order valence-corrected chi connectivity index (χ4v) is 4.61. The summed E-state index contributed by atoms with van der Waals surface area (Å²) in [5.41, 5.74) is 2.09. The van der Waals surface area contributed by atoms with Gasteiger partial charge in [0, 0.05) is 42.5 Å². The number of rotatable bonds is 8. The maximum atomic E-state index is 14.9. The molecule has 36 heavy (non-hydrogen) atoms. The van der Waals surface area contributed by atoms with Crippen molar-refractivity contribution in [1.29, 1.82) is 0 Å². The first-order valence-corrected chi connectivity index (χ1v) is 12.1. The molecule has 188 valence electrons. The summed E-state index contributed by atoms with van der Waals surface area (Å²) in [6.07, 6.45) is 5.43. The largest absolute Gasteiger partial charge is 0.395 e. The lowest BCUT2D eigenvalue weighted by molar-refractivity contribution is 0.238. The Morgan fingerprint density at radius 3 is 2.67 bits per heavy atom. The minimum Gasteiger partial charge on any atom is -0.395 e. The Morgan fingerprint density at radius 1 is 1.11 bits per heavy atom. The molecular formula is C26H30FN7O2. The Kier molecular flexibility index (Phi) is 7.08. The van der Waals surface area contributed by atoms with Crippen molar-refractivity contribution in [3.63, 3.8) is 0 Å². The second-order valence-corrected chi connectivity index (χ2v) is 9.08. The van der Waals surface area contributed by atoms with Crippen LogP contribution in [0, 0.1) is 5.82 Å². The summed E-state index contributed by atoms with van der Waals surface area (Å²) >= 11 is 0. The molecule has 1 aliphatic heterocycles. The van der Waals surface area contributed by atoms with E-state index in [1.54, 1.807) is 36.7 Å². The lowest BCUT2D eigenvalue weighted by atomic mass is 10.0. The smallest absolute Gasteiger partial charge is 0.148 e. The number of aliphatic hydroxyl groups is 2. The average molecular weight is 492 g/mol. The molecule has 1 aromatic carbocycles. The van der Waals surface area contributed by atoms with Gasteiger partial charge in [0.1, 0.15) is 17.5 Å². The second-order valence-electron chi connectivity index (χ2n) is 9.08. The van der Waals surface area contributed by atoms with Crippen molar-refractivity contribution in [3.8, 4) is 5.69 Å². The first kappa shape index (κ1) is 24.1. The summed E-state index contributed by atoms with van der Waals surface area (Å²) in [5.74, 6) is 0.849. The van der Waals surface area contributed by atoms with Crippen LogP contribution in [-0.2, 0) is 6.61 Å². The third-order valence-corrected chi connectivity index (χ3v) is 6.61. The van der Waals surface area contributed by atoms with Crippen LogP contribution in [0.2, 0.25) is 0 Å². The van der Waals surface area contributed by atoms with Gasteiger partial charge in [-0.15, -0.1) is 0 Å². The summed E-state index contributed by atoms with van der Waals surface area (Å²) in [4.78, 5) is 13.8. The molecule has 1 saturated heterocycles. The van der Waals surface area contributed by atoms with Crippen LogP contribution >= 0.6 is 0 Å². The number of hydrogen-bond donors (Lipinski definition) is 3. The number of aromatic nitrogens is 4. The monoisotopic (exact) mass is 491 g/mol. The Balaban J connectivity index is 1.38. The number of benzene rings is 1. The number of aliphatic hydroxyl groups excluding tert-OH is 2. The number of piperidine rings is 1. The highest BCUT2D eigenvalue weighted by Crippen LogP contribution is 2.27. The molecule has 10 heteroatoms. The van der Waals surface area contributed by atoms with Gasteiger partial charge in [0.2, 0.25) is 0 Å². The normalized spacial score (nSPS) is 14.9. The topological polar surface area (TPSA) is 103 Å². The van der Waals surface area contributed by atoms with Crippen molar-refractivity contribution in [2.24, 2.45) is 0 Å². The zero-order valence-electron chi connectivity index (χ0n) is 20.2. The van der Waals surface area contributed by atoms with Crippen LogP contribution in [0.25, 0.3) is 16.6 Å². The molecule has 0 bridgehead atoms. The number of nitrogens with one attached hydrogen (secondary N) is 1. The number of likely N-dealkylation sites (tertiary alicyclic amines) is 1. The van der Waals surface area contributed by atoms with E-state index in [9.17, 15) is 14.6 Å². The van der Waals surface area contributed by atoms with Crippen LogP contribution in [0.15, 0.2) is 54.9 Å². The predicted octanol–water partition coefficient (Wildman–Crippen LogP) is 3.08. The zero-order chi connectivity index (χ0) is 25.1. The molecule has 1 aliphatic rings. The van der Waals surface area contributed by atoms with Crippen molar-refractivity contribution in [1.82, 2.24) is 24.6 Å². The van der Waals surface area contributed by atoms with Gasteiger partial charge in [-0.05, 0) is 63.3 Å². The number of nitrogens with zero attached hydrogens (tertiary/aromatic N) is 6. The van der Waals surface area contributed by atoms with Crippen molar-refractivity contribution in [2.75, 3.05) is 43.5 Å². The summed E-state index contributed by atoms with van der Waals surface area (Å²) < 4.78 is 16.4. The van der Waals surface area contributed by atoms with Crippen molar-refractivity contribution >= 4 is 28.2 Å². The van der Waals surface area contributed by atoms with Crippen LogP contribution in [0.3, 0.4) is 0 Å². The van der Waals surface area contributed by atoms with E-state index in [0.29, 0.717) is 29.8 Å². The van der Waals surface area contributed by atoms with Gasteiger partial charge in [0.05, 0.1) is 35.8 Å². The van der Waals surface area contributed by atoms with E-state index in [0.717, 1.165) is 42.7 Å². The van der Waals surface area contributed by atoms with E-state index in [2.05, 4.69) is 32.2 Å². The zero-order valence-corrected chi connectivity index (χ0v) is 20.2. The molecule has 5 rings (SSSR count). The Bertz CT molecular complexity index is 1340. The standard InChI is InChI=1S/C26H30FN7O2/c1-32-9-7-20(8-10-32)33(12-13-35)26-5-2-18-16-28-25(15-24(18)30-26)29-23-4-3-21(14-22(23)27)34-11-6-19(17-36)31-34/h2-6,11,14-16,20,35-36H,7-10,12-13,17H2,1H3,(H,28,29). The van der Waals surface area contributed by atoms with Gasteiger partial charge in [-0.25, -0.2) is 19.0 Å². The molecule has 0 unspecified atom stereocenters. The van der Waals surface area contributed by atoms with E-state index in [4.69, 9.17) is 4.98 Å². The van der Waals surface area contributed by atoms with Crippen LogP contribution in [0.4, 0.5) is 21.7 Å². The highest BCUT2D eigenvalue weighted by molar-refractivity contribution is 5.82. The van der Waals surface area contributed by atoms with E-state index < -0.39 is 5.82 Å². The van der Waals surface area contributed by atoms with Crippen LogP contribution in [0.1, 0.15) is 18.5 Å². The molecule has 3 N–H and O–H groups in total. The van der Waals surface area contributed by atoms with E-state index in [1.165, 1.54) is 10.7 Å². The number of pyridine rings is 2. The molecule has 0 amide bonds. The molecule has 4 heterocycles. The quantitative estimate of drug-likeness (QED) is 0.346. The summed E-state index contributed by atoms with van der Waals surface area (Å²) in [6.45, 7) is 2.45. The SMILES string of the molecule is CN1CCC(N(CCO)c2ccc3cnc(Nc4ccc(-n5ccc(CO)n5)cc4F)cc3n2)CC1. The molecule has 3 aromatic heterocycles. The fourth-order valence-electron chi connectivity index (χ4n) is 4.61. The van der Waals surface area contributed by atoms with E-state index in [1.807, 2.05) is 12.1 Å². The summed E-state index contributed by atoms with van der Waals surface area (Å²) in [5, 5.41) is 27.0. The number of fused-ring (bicyclic) bond motifs is 1. The maximum Gasteiger partial charge on any atom is 0.148 e. The van der Waals surface area contributed by atoms with Gasteiger partial charge >= 0.3 is 0 Å². The molecule has 0 radical (unpaired) electrons. The van der Waals surface area contributed by atoms with Crippen molar-refractivity contribution < 1.29 is 14.6 Å². The molecule has 0 aliphatic carbocycles. The lowest BCUT2D eigenvalue weighted by Gasteiger charge is -2.37. The molecule has 0 saturated carbocycles. The number of anilines is 3. The minimum absolute atomic E-state index is 0.0598. The third kappa shape index (κ3) is 5.15. The summed E-state index contributed by atoms with van der Waals surface area (Å²) in [6, 6.07) is 12.5. The fraction of sp³-hybridized carbons (Fsp3) is 0.346. The lowest BCUT2D eigenvalue weighted by Crippen LogP contribution is -2.45. The van der Waals surface area contributed by atoms with Gasteiger partial charge < -0.3 is 25.3 Å². The van der Waals surface area contributed by atoms with Gasteiger partial charge in [-0.2, -0.15) is 5.10 Å². The van der Waals surface area contributed by atoms with Crippen molar-refractivity contribution in [3.05, 3.63) is 66.4 Å². The highest BCUT2D eigenvalue weighted by Gasteiger charge is 2.24. The Hall–Kier alpha value is -3.60. The van der Waals surface area contributed by atoms with Gasteiger partial charge in [0.15, 0.2) is 0 Å². The number of halogens is 1. The Morgan fingerprint density at radius 2 is 1.94 bits per heavy atom. The Labute approximate surface area is 208 Å². The van der Waals surface area contributed by atoms with Gasteiger partial charge in [-0.1, -0.05) is 0 Å². The average Bonchev–Trinajstić information content (AvgIpc) is 3.38. The van der Waals surface area contributed by atoms with Crippen LogP contribution < -0.4 is 10.2 Å². The summed E-state index contributed by atoms with van der Waals surface area (Å²) in [7, 11) is 2.13. The predicted molar refractivity (Wildman–Crippen MR) is 137 cm³/mol. The molecule has 9 nitrogen and oxygen atoms in total. The van der Waals surface area contributed by atoms with Crippen molar-refractivity contribution in [2.45, 2.75) is 25.5 Å². The molecule has 0 spiro atoms. The first-order valence-electron chi connectivity index (χ1n) is 12.1. The second kappa shape index (κ2) is 10.6. The minimum atomic E-state index is -0.450. The molecule has 4 aromatic rings. The molecular weight excluding hydrogens is 461 g/mol. The molecule has 1 fully saturated rings. The van der Waals surface area contributed by atoms with Gasteiger partial charge in [-0.3, -0.25) is 0 Å². The first-order chi connectivity index (χ1) is 17.5.